The van der Waals surface area contributed by atoms with E-state index in [2.05, 4.69) is 161 Å². The van der Waals surface area contributed by atoms with Crippen molar-refractivity contribution in [2.45, 2.75) is 27.7 Å². The molecule has 0 aliphatic carbocycles. The van der Waals surface area contributed by atoms with Crippen molar-refractivity contribution in [3.05, 3.63) is 215 Å². The van der Waals surface area contributed by atoms with Gasteiger partial charge in [-0.3, -0.25) is 0 Å². The zero-order valence-electron chi connectivity index (χ0n) is 42.6. The summed E-state index contributed by atoms with van der Waals surface area (Å²) < 4.78 is 11.2. The fraction of sp³-hybridized carbons (Fsp3) is 0.0909. The van der Waals surface area contributed by atoms with Gasteiger partial charge in [0.2, 0.25) is 0 Å². The number of methoxy groups -OCH3 is 2. The van der Waals surface area contributed by atoms with Crippen molar-refractivity contribution in [2.75, 3.05) is 14.2 Å². The minimum atomic E-state index is 0.126. The highest BCUT2D eigenvalue weighted by molar-refractivity contribution is 6.34. The molecule has 0 aliphatic rings. The highest BCUT2D eigenvalue weighted by Crippen LogP contribution is 2.45. The summed E-state index contributed by atoms with van der Waals surface area (Å²) in [7, 11) is 3.31. The smallest absolute Gasteiger partial charge is 0.157 e. The third-order valence-electron chi connectivity index (χ3n) is 14.1. The quantitative estimate of drug-likeness (QED) is 0.134. The van der Waals surface area contributed by atoms with E-state index in [0.717, 1.165) is 101 Å². The van der Waals surface area contributed by atoms with Gasteiger partial charge in [-0.2, -0.15) is 0 Å². The van der Waals surface area contributed by atoms with Crippen molar-refractivity contribution in [1.82, 2.24) is 29.9 Å². The Morgan fingerprint density at radius 3 is 0.671 bits per heavy atom. The van der Waals surface area contributed by atoms with E-state index in [1.807, 2.05) is 48.5 Å². The van der Waals surface area contributed by atoms with E-state index in [4.69, 9.17) is 62.6 Å². The Morgan fingerprint density at radius 1 is 0.250 bits per heavy atom. The second kappa shape index (κ2) is 19.8. The standard InChI is InChI=1S/C66H48Cl2N6O2/c1-37-7-15-41(16-8-37)49-33-35-53(43-19-11-39(3)12-20-43)59-57(49)71-63(65(67)73-59)61-62(70-56-52(46-25-29-48(76-6)30-26-46)32-31-51(55(56)69-61)45-23-27-47(75-5)28-24-45)64-66(68)74-60-54(44-21-13-40(4)14-22-44)36-34-50(58(60)72-64)42-17-9-38(2)10-18-42/h7-36H,1-6H3. The highest BCUT2D eigenvalue weighted by atomic mass is 35.5. The molecule has 0 bridgehead atoms. The van der Waals surface area contributed by atoms with Crippen LogP contribution < -0.4 is 9.47 Å². The molecule has 8 nitrogen and oxygen atoms in total. The van der Waals surface area contributed by atoms with Gasteiger partial charge in [0, 0.05) is 33.4 Å². The number of fused-ring (bicyclic) bond motifs is 3. The molecule has 12 rings (SSSR count). The lowest BCUT2D eigenvalue weighted by Crippen LogP contribution is -2.05. The molecule has 0 saturated carbocycles. The molecule has 3 heterocycles. The van der Waals surface area contributed by atoms with Crippen molar-refractivity contribution in [1.29, 1.82) is 0 Å². The molecule has 0 amide bonds. The molecule has 0 unspecified atom stereocenters. The average Bonchev–Trinajstić information content (AvgIpc) is 3.53. The number of hydrogen-bond acceptors (Lipinski definition) is 8. The van der Waals surface area contributed by atoms with Gasteiger partial charge in [-0.1, -0.05) is 203 Å². The van der Waals surface area contributed by atoms with E-state index in [-0.39, 0.29) is 10.3 Å². The Kier molecular flexibility index (Phi) is 12.5. The lowest BCUT2D eigenvalue weighted by Gasteiger charge is -2.18. The van der Waals surface area contributed by atoms with Gasteiger partial charge < -0.3 is 9.47 Å². The van der Waals surface area contributed by atoms with Crippen molar-refractivity contribution in [3.8, 4) is 101 Å². The molecule has 3 aromatic heterocycles. The number of aromatic nitrogens is 6. The van der Waals surface area contributed by atoms with Crippen LogP contribution in [0.15, 0.2) is 182 Å². The number of nitrogens with zero attached hydrogens (tertiary/aromatic N) is 6. The van der Waals surface area contributed by atoms with E-state index in [0.29, 0.717) is 55.9 Å². The van der Waals surface area contributed by atoms with Crippen LogP contribution in [0.25, 0.3) is 123 Å². The predicted molar refractivity (Wildman–Crippen MR) is 311 cm³/mol. The van der Waals surface area contributed by atoms with Crippen molar-refractivity contribution in [2.24, 2.45) is 0 Å². The Labute approximate surface area is 450 Å². The summed E-state index contributed by atoms with van der Waals surface area (Å²) in [4.78, 5) is 33.1. The summed E-state index contributed by atoms with van der Waals surface area (Å²) in [5, 5.41) is 0.252. The molecule has 76 heavy (non-hydrogen) atoms. The van der Waals surface area contributed by atoms with Gasteiger partial charge in [-0.25, -0.2) is 29.9 Å². The fourth-order valence-corrected chi connectivity index (χ4v) is 10.3. The van der Waals surface area contributed by atoms with Gasteiger partial charge >= 0.3 is 0 Å². The SMILES string of the molecule is COc1ccc(-c2ccc(-c3ccc(OC)cc3)c3nc(-c4nc5c(-c6ccc(C)cc6)ccc(-c6ccc(C)cc6)c5nc4Cl)c(-c4nc5c(-c6ccc(C)cc6)ccc(-c6ccc(C)cc6)c5nc4Cl)nc23)cc1. The van der Waals surface area contributed by atoms with Gasteiger partial charge in [0.25, 0.3) is 0 Å². The topological polar surface area (TPSA) is 95.8 Å². The molecule has 368 valence electrons. The number of ether oxygens (including phenoxy) is 2. The maximum Gasteiger partial charge on any atom is 0.157 e. The molecule has 0 aliphatic heterocycles. The minimum absolute atomic E-state index is 0.126. The van der Waals surface area contributed by atoms with E-state index >= 15 is 0 Å². The summed E-state index contributed by atoms with van der Waals surface area (Å²) in [6, 6.07) is 62.0. The van der Waals surface area contributed by atoms with Crippen LogP contribution in [0.3, 0.4) is 0 Å². The van der Waals surface area contributed by atoms with Crippen molar-refractivity contribution in [3.63, 3.8) is 0 Å². The molecule has 0 spiro atoms. The van der Waals surface area contributed by atoms with Gasteiger partial charge in [0.05, 0.1) is 47.3 Å². The lowest BCUT2D eigenvalue weighted by atomic mass is 9.95. The molecular formula is C66H48Cl2N6O2. The van der Waals surface area contributed by atoms with Crippen LogP contribution in [0, 0.1) is 27.7 Å². The normalized spacial score (nSPS) is 11.4. The summed E-state index contributed by atoms with van der Waals surface area (Å²) in [5.74, 6) is 1.45. The Bertz CT molecular complexity index is 3930. The highest BCUT2D eigenvalue weighted by Gasteiger charge is 2.28. The van der Waals surface area contributed by atoms with E-state index in [1.54, 1.807) is 14.2 Å². The van der Waals surface area contributed by atoms with Gasteiger partial charge in [-0.15, -0.1) is 0 Å². The van der Waals surface area contributed by atoms with Gasteiger partial charge in [-0.05, 0) is 85.3 Å². The zero-order valence-corrected chi connectivity index (χ0v) is 44.1. The number of rotatable bonds is 10. The molecule has 12 aromatic rings. The maximum atomic E-state index is 7.61. The number of halogens is 2. The Hall–Kier alpha value is -8.82. The summed E-state index contributed by atoms with van der Waals surface area (Å²) >= 11 is 15.2. The molecule has 10 heteroatoms. The van der Waals surface area contributed by atoms with E-state index in [9.17, 15) is 0 Å². The van der Waals surface area contributed by atoms with Crippen molar-refractivity contribution >= 4 is 56.3 Å². The lowest BCUT2D eigenvalue weighted by molar-refractivity contribution is 0.415. The monoisotopic (exact) mass is 1030 g/mol. The third kappa shape index (κ3) is 8.85. The molecule has 0 fully saturated rings. The van der Waals surface area contributed by atoms with Crippen LogP contribution in [-0.2, 0) is 0 Å². The van der Waals surface area contributed by atoms with Gasteiger partial charge in [0.1, 0.15) is 34.3 Å². The van der Waals surface area contributed by atoms with Crippen LogP contribution in [-0.4, -0.2) is 44.1 Å². The van der Waals surface area contributed by atoms with Crippen LogP contribution in [0.4, 0.5) is 0 Å². The maximum absolute atomic E-state index is 7.61. The van der Waals surface area contributed by atoms with E-state index < -0.39 is 0 Å². The van der Waals surface area contributed by atoms with E-state index in [1.165, 1.54) is 0 Å². The Morgan fingerprint density at radius 2 is 0.447 bits per heavy atom. The largest absolute Gasteiger partial charge is 0.497 e. The minimum Gasteiger partial charge on any atom is -0.497 e. The van der Waals surface area contributed by atoms with Gasteiger partial charge in [0.15, 0.2) is 10.3 Å². The first-order valence-electron chi connectivity index (χ1n) is 24.9. The number of hydrogen-bond donors (Lipinski definition) is 0. The fourth-order valence-electron chi connectivity index (χ4n) is 9.87. The Balaban J connectivity index is 1.21. The first kappa shape index (κ1) is 48.1. The molecule has 9 aromatic carbocycles. The molecule has 0 N–H and O–H groups in total. The first-order chi connectivity index (χ1) is 37.0. The van der Waals surface area contributed by atoms with Crippen LogP contribution >= 0.6 is 23.2 Å². The molecule has 0 radical (unpaired) electrons. The second-order valence-corrected chi connectivity index (χ2v) is 19.9. The van der Waals surface area contributed by atoms with Crippen LogP contribution in [0.5, 0.6) is 11.5 Å². The molecule has 0 saturated heterocycles. The molecule has 0 atom stereocenters. The average molecular weight is 1030 g/mol. The molecular weight excluding hydrogens is 980 g/mol. The zero-order chi connectivity index (χ0) is 52.2. The number of benzene rings is 9. The third-order valence-corrected chi connectivity index (χ3v) is 14.6. The first-order valence-corrected chi connectivity index (χ1v) is 25.7. The summed E-state index contributed by atoms with van der Waals surface area (Å²) in [6.07, 6.45) is 0. The van der Waals surface area contributed by atoms with Crippen LogP contribution in [0.1, 0.15) is 22.3 Å². The summed E-state index contributed by atoms with van der Waals surface area (Å²) in [6.45, 7) is 8.31. The van der Waals surface area contributed by atoms with Crippen molar-refractivity contribution < 1.29 is 9.47 Å². The number of aryl methyl sites for hydroxylation is 4. The van der Waals surface area contributed by atoms with Crippen LogP contribution in [0.2, 0.25) is 10.3 Å². The summed E-state index contributed by atoms with van der Waals surface area (Å²) in [5.41, 5.74) is 20.4. The predicted octanol–water partition coefficient (Wildman–Crippen LogP) is 17.4. The second-order valence-electron chi connectivity index (χ2n) is 19.1.